The fraction of sp³-hybridized carbons (Fsp3) is 0.500. The van der Waals surface area contributed by atoms with Crippen molar-refractivity contribution in [3.05, 3.63) is 59.7 Å². The molecule has 0 aliphatic carbocycles. The highest BCUT2D eigenvalue weighted by atomic mass is 16.5. The maximum absolute atomic E-state index is 10.2. The number of hydrogen-bond donors (Lipinski definition) is 0. The Hall–Kier alpha value is -3.38. The number of nitrogens with zero attached hydrogens (tertiary/aromatic N) is 4. The van der Waals surface area contributed by atoms with Crippen LogP contribution in [-0.2, 0) is 0 Å². The summed E-state index contributed by atoms with van der Waals surface area (Å²) in [5.41, 5.74) is -0.342. The van der Waals surface area contributed by atoms with Crippen LogP contribution in [0.2, 0.25) is 0 Å². The lowest BCUT2D eigenvalue weighted by Crippen LogP contribution is -2.36. The fourth-order valence-electron chi connectivity index (χ4n) is 4.86. The van der Waals surface area contributed by atoms with E-state index < -0.39 is 11.1 Å². The highest BCUT2D eigenvalue weighted by Crippen LogP contribution is 2.42. The monoisotopic (exact) mass is 460 g/mol. The van der Waals surface area contributed by atoms with Gasteiger partial charge in [0.2, 0.25) is 0 Å². The number of benzene rings is 2. The van der Waals surface area contributed by atoms with Crippen LogP contribution in [0.1, 0.15) is 64.5 Å². The molecule has 2 aromatic rings. The molecule has 0 bridgehead atoms. The van der Waals surface area contributed by atoms with E-state index in [1.54, 1.807) is 28.1 Å². The van der Waals surface area contributed by atoms with Gasteiger partial charge in [0.1, 0.15) is 11.5 Å². The van der Waals surface area contributed by atoms with E-state index in [2.05, 4.69) is 50.1 Å². The molecule has 2 rings (SSSR count). The summed E-state index contributed by atoms with van der Waals surface area (Å²) in [6.07, 6.45) is 0. The number of nitriles is 2. The minimum absolute atomic E-state index is 0.118. The van der Waals surface area contributed by atoms with Gasteiger partial charge in [-0.05, 0) is 61.1 Å². The second kappa shape index (κ2) is 11.2. The first-order chi connectivity index (χ1) is 16.0. The average Bonchev–Trinajstić information content (AvgIpc) is 2.83. The molecule has 0 fully saturated rings. The predicted molar refractivity (Wildman–Crippen MR) is 134 cm³/mol. The third kappa shape index (κ3) is 5.75. The summed E-state index contributed by atoms with van der Waals surface area (Å²) in [4.78, 5) is 0. The van der Waals surface area contributed by atoms with E-state index in [9.17, 15) is 10.5 Å². The lowest BCUT2D eigenvalue weighted by Gasteiger charge is -2.34. The van der Waals surface area contributed by atoms with Gasteiger partial charge in [0.05, 0.1) is 26.4 Å². The van der Waals surface area contributed by atoms with Gasteiger partial charge < -0.3 is 9.47 Å². The number of rotatable bonds is 10. The van der Waals surface area contributed by atoms with Gasteiger partial charge in [0.15, 0.2) is 11.1 Å². The maximum atomic E-state index is 10.2. The highest BCUT2D eigenvalue weighted by Gasteiger charge is 2.42. The standard InChI is InChI=1S/C28H36N4O2/c1-19(2)25(21-9-13-23(33-7)14-10-21)27(5,17-29)31-32-28(6,18-30)26(20(3)4)22-11-15-24(34-8)16-12-22/h9-16,19-20,25-26H,1-8H3. The number of azo groups is 1. The third-order valence-corrected chi connectivity index (χ3v) is 6.41. The zero-order valence-electron chi connectivity index (χ0n) is 21.5. The zero-order valence-corrected chi connectivity index (χ0v) is 21.5. The van der Waals surface area contributed by atoms with Gasteiger partial charge in [0, 0.05) is 11.8 Å². The van der Waals surface area contributed by atoms with Crippen molar-refractivity contribution < 1.29 is 9.47 Å². The Kier molecular flexibility index (Phi) is 8.82. The first kappa shape index (κ1) is 26.9. The summed E-state index contributed by atoms with van der Waals surface area (Å²) >= 11 is 0. The zero-order chi connectivity index (χ0) is 25.5. The van der Waals surface area contributed by atoms with Gasteiger partial charge in [-0.1, -0.05) is 52.0 Å². The van der Waals surface area contributed by atoms with Gasteiger partial charge in [-0.15, -0.1) is 0 Å². The Morgan fingerprint density at radius 3 is 1.15 bits per heavy atom. The van der Waals surface area contributed by atoms with Crippen molar-refractivity contribution in [3.63, 3.8) is 0 Å². The molecule has 0 saturated heterocycles. The topological polar surface area (TPSA) is 90.8 Å². The molecule has 0 aromatic heterocycles. The van der Waals surface area contributed by atoms with E-state index in [-0.39, 0.29) is 23.7 Å². The van der Waals surface area contributed by atoms with E-state index in [0.29, 0.717) is 0 Å². The molecule has 2 aromatic carbocycles. The Balaban J connectivity index is 2.52. The molecular formula is C28H36N4O2. The normalized spacial score (nSPS) is 16.8. The number of hydrogen-bond acceptors (Lipinski definition) is 6. The molecule has 0 heterocycles. The van der Waals surface area contributed by atoms with Crippen LogP contribution in [0.25, 0.3) is 0 Å². The average molecular weight is 461 g/mol. The molecule has 0 N–H and O–H groups in total. The molecule has 0 saturated carbocycles. The van der Waals surface area contributed by atoms with Gasteiger partial charge in [-0.25, -0.2) is 0 Å². The molecule has 180 valence electrons. The molecule has 0 aliphatic heterocycles. The smallest absolute Gasteiger partial charge is 0.171 e. The van der Waals surface area contributed by atoms with Crippen molar-refractivity contribution in [3.8, 4) is 23.6 Å². The molecule has 0 spiro atoms. The van der Waals surface area contributed by atoms with Crippen molar-refractivity contribution in [1.82, 2.24) is 0 Å². The first-order valence-corrected chi connectivity index (χ1v) is 11.6. The van der Waals surface area contributed by atoms with Gasteiger partial charge in [-0.3, -0.25) is 0 Å². The van der Waals surface area contributed by atoms with Gasteiger partial charge in [-0.2, -0.15) is 20.8 Å². The molecule has 4 unspecified atom stereocenters. The van der Waals surface area contributed by atoms with Crippen molar-refractivity contribution in [1.29, 1.82) is 10.5 Å². The quantitative estimate of drug-likeness (QED) is 0.361. The molecule has 0 aliphatic rings. The molecule has 0 amide bonds. The van der Waals surface area contributed by atoms with Crippen LogP contribution >= 0.6 is 0 Å². The van der Waals surface area contributed by atoms with Crippen LogP contribution in [-0.4, -0.2) is 25.3 Å². The largest absolute Gasteiger partial charge is 0.497 e. The van der Waals surface area contributed by atoms with Crippen LogP contribution in [0, 0.1) is 34.5 Å². The first-order valence-electron chi connectivity index (χ1n) is 11.6. The third-order valence-electron chi connectivity index (χ3n) is 6.41. The Morgan fingerprint density at radius 2 is 0.941 bits per heavy atom. The molecule has 6 heteroatoms. The van der Waals surface area contributed by atoms with Crippen molar-refractivity contribution in [2.24, 2.45) is 22.1 Å². The van der Waals surface area contributed by atoms with E-state index in [4.69, 9.17) is 9.47 Å². The number of methoxy groups -OCH3 is 2. The van der Waals surface area contributed by atoms with E-state index in [1.165, 1.54) is 0 Å². The van der Waals surface area contributed by atoms with Gasteiger partial charge >= 0.3 is 0 Å². The van der Waals surface area contributed by atoms with Crippen molar-refractivity contribution in [2.75, 3.05) is 14.2 Å². The summed E-state index contributed by atoms with van der Waals surface area (Å²) < 4.78 is 10.6. The summed E-state index contributed by atoms with van der Waals surface area (Å²) in [6, 6.07) is 20.2. The van der Waals surface area contributed by atoms with Crippen LogP contribution in [0.3, 0.4) is 0 Å². The van der Waals surface area contributed by atoms with E-state index >= 15 is 0 Å². The number of ether oxygens (including phenoxy) is 2. The Morgan fingerprint density at radius 1 is 0.647 bits per heavy atom. The molecule has 34 heavy (non-hydrogen) atoms. The molecule has 4 atom stereocenters. The van der Waals surface area contributed by atoms with Crippen LogP contribution in [0.15, 0.2) is 58.8 Å². The Bertz CT molecular complexity index is 962. The Labute approximate surface area is 204 Å². The maximum Gasteiger partial charge on any atom is 0.171 e. The second-order valence-corrected chi connectivity index (χ2v) is 9.71. The summed E-state index contributed by atoms with van der Waals surface area (Å²) in [7, 11) is 3.25. The predicted octanol–water partition coefficient (Wildman–Crippen LogP) is 6.90. The van der Waals surface area contributed by atoms with Crippen LogP contribution in [0.5, 0.6) is 11.5 Å². The lowest BCUT2D eigenvalue weighted by molar-refractivity contribution is 0.319. The van der Waals surface area contributed by atoms with Crippen molar-refractivity contribution in [2.45, 2.75) is 64.5 Å². The minimum atomic E-state index is -1.15. The van der Waals surface area contributed by atoms with Crippen molar-refractivity contribution >= 4 is 0 Å². The fourth-order valence-corrected chi connectivity index (χ4v) is 4.86. The molecule has 6 nitrogen and oxygen atoms in total. The van der Waals surface area contributed by atoms with Crippen LogP contribution in [0.4, 0.5) is 0 Å². The van der Waals surface area contributed by atoms with Crippen LogP contribution < -0.4 is 9.47 Å². The SMILES string of the molecule is COc1ccc(C(C(C)C)C(C)(C#N)N=NC(C)(C#N)C(c2ccc(OC)cc2)C(C)C)cc1. The molecule has 0 radical (unpaired) electrons. The van der Waals surface area contributed by atoms with Gasteiger partial charge in [0.25, 0.3) is 0 Å². The lowest BCUT2D eigenvalue weighted by atomic mass is 9.74. The highest BCUT2D eigenvalue weighted by molar-refractivity contribution is 5.36. The molecular weight excluding hydrogens is 424 g/mol. The summed E-state index contributed by atoms with van der Waals surface area (Å²) in [6.45, 7) is 11.9. The second-order valence-electron chi connectivity index (χ2n) is 9.71. The summed E-state index contributed by atoms with van der Waals surface area (Å²) in [5.74, 6) is 1.31. The van der Waals surface area contributed by atoms with E-state index in [0.717, 1.165) is 22.6 Å². The minimum Gasteiger partial charge on any atom is -0.497 e. The summed E-state index contributed by atoms with van der Waals surface area (Å²) in [5, 5.41) is 29.7. The van der Waals surface area contributed by atoms with E-state index in [1.807, 2.05) is 48.5 Å².